The second kappa shape index (κ2) is 6.81. The summed E-state index contributed by atoms with van der Waals surface area (Å²) >= 11 is 7.00. The van der Waals surface area contributed by atoms with Gasteiger partial charge in [-0.1, -0.05) is 68.3 Å². The lowest BCUT2D eigenvalue weighted by Crippen LogP contribution is -2.33. The molecular weight excluding hydrogens is 390 g/mol. The molecule has 0 atom stereocenters. The van der Waals surface area contributed by atoms with E-state index in [4.69, 9.17) is 0 Å². The Morgan fingerprint density at radius 3 is 1.85 bits per heavy atom. The molecule has 106 valence electrons. The highest BCUT2D eigenvalue weighted by atomic mass is 79.9. The number of alkyl halides is 2. The highest BCUT2D eigenvalue weighted by Crippen LogP contribution is 2.34. The Kier molecular flexibility index (Phi) is 5.33. The van der Waals surface area contributed by atoms with Crippen molar-refractivity contribution < 1.29 is 8.78 Å². The lowest BCUT2D eigenvalue weighted by molar-refractivity contribution is 0.491. The van der Waals surface area contributed by atoms with E-state index >= 15 is 0 Å². The van der Waals surface area contributed by atoms with Crippen molar-refractivity contribution in [1.82, 2.24) is 0 Å². The molecule has 0 aliphatic heterocycles. The van der Waals surface area contributed by atoms with Gasteiger partial charge in [0.1, 0.15) is 11.6 Å². The van der Waals surface area contributed by atoms with E-state index in [2.05, 4.69) is 31.9 Å². The highest BCUT2D eigenvalue weighted by molar-refractivity contribution is 9.09. The summed E-state index contributed by atoms with van der Waals surface area (Å²) in [6.07, 6.45) is 0.298. The minimum atomic E-state index is -0.493. The van der Waals surface area contributed by atoms with Gasteiger partial charge in [0.05, 0.1) is 0 Å². The van der Waals surface area contributed by atoms with Gasteiger partial charge in [0.25, 0.3) is 0 Å². The number of rotatable bonds is 5. The molecular formula is C16H14Br2F2. The molecule has 0 aromatic heterocycles. The average molecular weight is 404 g/mol. The van der Waals surface area contributed by atoms with Gasteiger partial charge in [-0.05, 0) is 24.1 Å². The van der Waals surface area contributed by atoms with Crippen LogP contribution in [0.2, 0.25) is 0 Å². The average Bonchev–Trinajstić information content (AvgIpc) is 2.49. The first kappa shape index (κ1) is 15.6. The summed E-state index contributed by atoms with van der Waals surface area (Å²) < 4.78 is 27.8. The van der Waals surface area contributed by atoms with Crippen LogP contribution in [-0.4, -0.2) is 10.7 Å². The summed E-state index contributed by atoms with van der Waals surface area (Å²) in [6, 6.07) is 13.8. The van der Waals surface area contributed by atoms with Crippen LogP contribution in [0, 0.1) is 11.6 Å². The molecule has 0 aliphatic carbocycles. The smallest absolute Gasteiger partial charge is 0.129 e. The minimum Gasteiger partial charge on any atom is -0.207 e. The molecule has 2 aromatic carbocycles. The van der Waals surface area contributed by atoms with Gasteiger partial charge in [0, 0.05) is 21.6 Å². The van der Waals surface area contributed by atoms with Crippen LogP contribution in [0.1, 0.15) is 11.1 Å². The van der Waals surface area contributed by atoms with E-state index in [1.807, 2.05) is 30.3 Å². The zero-order valence-corrected chi connectivity index (χ0v) is 13.9. The van der Waals surface area contributed by atoms with E-state index in [-0.39, 0.29) is 11.0 Å². The SMILES string of the molecule is Fc1cccc(F)c1CC(CBr)(CBr)c1ccccc1. The third-order valence-electron chi connectivity index (χ3n) is 3.47. The molecule has 0 fully saturated rings. The molecule has 4 heteroatoms. The summed E-state index contributed by atoms with van der Waals surface area (Å²) in [5.74, 6) is -0.987. The Labute approximate surface area is 134 Å². The van der Waals surface area contributed by atoms with Gasteiger partial charge in [-0.3, -0.25) is 0 Å². The van der Waals surface area contributed by atoms with E-state index < -0.39 is 11.6 Å². The van der Waals surface area contributed by atoms with Crippen LogP contribution in [0.15, 0.2) is 48.5 Å². The summed E-state index contributed by atoms with van der Waals surface area (Å²) in [5.41, 5.74) is 0.802. The van der Waals surface area contributed by atoms with Crippen LogP contribution in [0.5, 0.6) is 0 Å². The maximum atomic E-state index is 13.9. The molecule has 0 amide bonds. The van der Waals surface area contributed by atoms with Crippen LogP contribution in [0.25, 0.3) is 0 Å². The fourth-order valence-electron chi connectivity index (χ4n) is 2.22. The van der Waals surface area contributed by atoms with Crippen molar-refractivity contribution in [2.45, 2.75) is 11.8 Å². The normalized spacial score (nSPS) is 11.6. The van der Waals surface area contributed by atoms with Crippen molar-refractivity contribution in [3.05, 3.63) is 71.3 Å². The fourth-order valence-corrected chi connectivity index (χ4v) is 4.19. The summed E-state index contributed by atoms with van der Waals surface area (Å²) in [7, 11) is 0. The second-order valence-corrected chi connectivity index (χ2v) is 5.91. The van der Waals surface area contributed by atoms with E-state index in [0.29, 0.717) is 17.1 Å². The topological polar surface area (TPSA) is 0 Å². The Morgan fingerprint density at radius 1 is 0.800 bits per heavy atom. The number of halogens is 4. The molecule has 0 unspecified atom stereocenters. The van der Waals surface area contributed by atoms with E-state index in [1.165, 1.54) is 18.2 Å². The van der Waals surface area contributed by atoms with Crippen LogP contribution in [-0.2, 0) is 11.8 Å². The monoisotopic (exact) mass is 402 g/mol. The van der Waals surface area contributed by atoms with Gasteiger partial charge in [0.2, 0.25) is 0 Å². The zero-order chi connectivity index (χ0) is 14.6. The molecule has 0 saturated heterocycles. The molecule has 0 nitrogen and oxygen atoms in total. The summed E-state index contributed by atoms with van der Waals surface area (Å²) in [4.78, 5) is 0. The maximum absolute atomic E-state index is 13.9. The Balaban J connectivity index is 2.45. The largest absolute Gasteiger partial charge is 0.207 e. The first-order valence-electron chi connectivity index (χ1n) is 6.23. The quantitative estimate of drug-likeness (QED) is 0.599. The van der Waals surface area contributed by atoms with Crippen molar-refractivity contribution in [3.8, 4) is 0 Å². The summed E-state index contributed by atoms with van der Waals surface area (Å²) in [6.45, 7) is 0. The van der Waals surface area contributed by atoms with E-state index in [9.17, 15) is 8.78 Å². The number of hydrogen-bond acceptors (Lipinski definition) is 0. The Morgan fingerprint density at radius 2 is 1.35 bits per heavy atom. The standard InChI is InChI=1S/C16H14Br2F2/c17-10-16(11-18,12-5-2-1-3-6-12)9-13-14(19)7-4-8-15(13)20/h1-8H,9-11H2. The first-order valence-corrected chi connectivity index (χ1v) is 8.47. The third kappa shape index (κ3) is 3.12. The molecule has 2 aromatic rings. The van der Waals surface area contributed by atoms with Crippen molar-refractivity contribution in [1.29, 1.82) is 0 Å². The van der Waals surface area contributed by atoms with Crippen LogP contribution < -0.4 is 0 Å². The maximum Gasteiger partial charge on any atom is 0.129 e. The molecule has 0 N–H and O–H groups in total. The molecule has 0 bridgehead atoms. The van der Waals surface area contributed by atoms with Crippen LogP contribution in [0.4, 0.5) is 8.78 Å². The van der Waals surface area contributed by atoms with Crippen molar-refractivity contribution in [2.24, 2.45) is 0 Å². The fraction of sp³-hybridized carbons (Fsp3) is 0.250. The number of hydrogen-bond donors (Lipinski definition) is 0. The van der Waals surface area contributed by atoms with E-state index in [1.54, 1.807) is 0 Å². The van der Waals surface area contributed by atoms with Crippen LogP contribution in [0.3, 0.4) is 0 Å². The van der Waals surface area contributed by atoms with Crippen LogP contribution >= 0.6 is 31.9 Å². The van der Waals surface area contributed by atoms with Gasteiger partial charge in [-0.25, -0.2) is 8.78 Å². The lowest BCUT2D eigenvalue weighted by Gasteiger charge is -2.31. The molecule has 0 heterocycles. The zero-order valence-electron chi connectivity index (χ0n) is 10.8. The predicted octanol–water partition coefficient (Wildman–Crippen LogP) is 5.24. The van der Waals surface area contributed by atoms with Crippen molar-refractivity contribution in [3.63, 3.8) is 0 Å². The van der Waals surface area contributed by atoms with Crippen molar-refractivity contribution in [2.75, 3.05) is 10.7 Å². The summed E-state index contributed by atoms with van der Waals surface area (Å²) in [5, 5.41) is 1.23. The Hall–Kier alpha value is -0.740. The van der Waals surface area contributed by atoms with Gasteiger partial charge >= 0.3 is 0 Å². The Bertz CT molecular complexity index is 546. The lowest BCUT2D eigenvalue weighted by atomic mass is 9.79. The molecule has 0 saturated carbocycles. The van der Waals surface area contributed by atoms with Gasteiger partial charge < -0.3 is 0 Å². The minimum absolute atomic E-state index is 0.134. The predicted molar refractivity (Wildman–Crippen MR) is 85.8 cm³/mol. The second-order valence-electron chi connectivity index (χ2n) is 4.79. The molecule has 0 aliphatic rings. The molecule has 20 heavy (non-hydrogen) atoms. The van der Waals surface area contributed by atoms with Gasteiger partial charge in [-0.2, -0.15) is 0 Å². The van der Waals surface area contributed by atoms with Gasteiger partial charge in [0.15, 0.2) is 0 Å². The van der Waals surface area contributed by atoms with E-state index in [0.717, 1.165) is 5.56 Å². The molecule has 0 spiro atoms. The third-order valence-corrected chi connectivity index (χ3v) is 5.62. The number of benzene rings is 2. The highest BCUT2D eigenvalue weighted by Gasteiger charge is 2.32. The first-order chi connectivity index (χ1) is 9.63. The van der Waals surface area contributed by atoms with Crippen molar-refractivity contribution >= 4 is 31.9 Å². The van der Waals surface area contributed by atoms with Gasteiger partial charge in [-0.15, -0.1) is 0 Å². The molecule has 2 rings (SSSR count). The molecule has 0 radical (unpaired) electrons.